The molecule has 2 atom stereocenters. The molecule has 0 bridgehead atoms. The van der Waals surface area contributed by atoms with Crippen molar-refractivity contribution in [1.82, 2.24) is 4.90 Å². The molecule has 1 aromatic rings. The number of carbonyl (C=O) groups excluding carboxylic acids is 2. The van der Waals surface area contributed by atoms with Gasteiger partial charge >= 0.3 is 0 Å². The summed E-state index contributed by atoms with van der Waals surface area (Å²) in [5.41, 5.74) is 1.30. The summed E-state index contributed by atoms with van der Waals surface area (Å²) in [4.78, 5) is 26.1. The van der Waals surface area contributed by atoms with Gasteiger partial charge in [0, 0.05) is 30.3 Å². The van der Waals surface area contributed by atoms with Gasteiger partial charge in [-0.15, -0.1) is 0 Å². The highest BCUT2D eigenvalue weighted by Crippen LogP contribution is 2.38. The Hall–Kier alpha value is -1.88. The molecule has 0 radical (unpaired) electrons. The van der Waals surface area contributed by atoms with Gasteiger partial charge in [0.05, 0.1) is 13.2 Å². The van der Waals surface area contributed by atoms with Crippen LogP contribution in [0.5, 0.6) is 0 Å². The number of hydrogen-bond acceptors (Lipinski definition) is 3. The minimum atomic E-state index is -0.00538. The maximum Gasteiger partial charge on any atom is 0.254 e. The topological polar surface area (TPSA) is 58.6 Å². The zero-order chi connectivity index (χ0) is 14.8. The Morgan fingerprint density at radius 3 is 2.67 bits per heavy atom. The highest BCUT2D eigenvalue weighted by atomic mass is 16.5. The molecule has 2 unspecified atom stereocenters. The molecule has 112 valence electrons. The van der Waals surface area contributed by atoms with Crippen molar-refractivity contribution < 1.29 is 14.3 Å². The van der Waals surface area contributed by atoms with E-state index in [1.807, 2.05) is 6.07 Å². The van der Waals surface area contributed by atoms with Gasteiger partial charge in [0.1, 0.15) is 0 Å². The quantitative estimate of drug-likeness (QED) is 0.922. The number of nitrogens with one attached hydrogen (secondary N) is 1. The van der Waals surface area contributed by atoms with Crippen molar-refractivity contribution in [2.75, 3.05) is 31.6 Å². The minimum absolute atomic E-state index is 0.00538. The lowest BCUT2D eigenvalue weighted by Gasteiger charge is -2.27. The summed E-state index contributed by atoms with van der Waals surface area (Å²) in [6.07, 6.45) is 0.957. The average Bonchev–Trinajstić information content (AvgIpc) is 3.25. The van der Waals surface area contributed by atoms with Crippen LogP contribution in [0, 0.1) is 11.8 Å². The predicted octanol–water partition coefficient (Wildman–Crippen LogP) is 1.75. The molecule has 5 heteroatoms. The van der Waals surface area contributed by atoms with E-state index in [2.05, 4.69) is 12.2 Å². The molecule has 0 spiro atoms. The highest BCUT2D eigenvalue weighted by molar-refractivity contribution is 5.98. The van der Waals surface area contributed by atoms with Crippen LogP contribution in [-0.4, -0.2) is 43.0 Å². The fraction of sp³-hybridized carbons (Fsp3) is 0.500. The summed E-state index contributed by atoms with van der Waals surface area (Å²) in [6, 6.07) is 7.16. The maximum atomic E-state index is 12.4. The number of nitrogens with zero attached hydrogens (tertiary/aromatic N) is 1. The highest BCUT2D eigenvalue weighted by Gasteiger charge is 2.39. The zero-order valence-electron chi connectivity index (χ0n) is 12.2. The number of benzene rings is 1. The maximum absolute atomic E-state index is 12.4. The average molecular weight is 288 g/mol. The largest absolute Gasteiger partial charge is 0.378 e. The summed E-state index contributed by atoms with van der Waals surface area (Å²) in [5.74, 6) is 0.652. The Morgan fingerprint density at radius 1 is 1.29 bits per heavy atom. The van der Waals surface area contributed by atoms with E-state index in [0.717, 1.165) is 6.42 Å². The lowest BCUT2D eigenvalue weighted by atomic mass is 10.1. The minimum Gasteiger partial charge on any atom is -0.378 e. The van der Waals surface area contributed by atoms with Crippen molar-refractivity contribution in [3.63, 3.8) is 0 Å². The third-order valence-corrected chi connectivity index (χ3v) is 4.12. The van der Waals surface area contributed by atoms with Gasteiger partial charge in [0.25, 0.3) is 5.91 Å². The van der Waals surface area contributed by atoms with E-state index < -0.39 is 0 Å². The summed E-state index contributed by atoms with van der Waals surface area (Å²) >= 11 is 0. The first kappa shape index (κ1) is 14.1. The molecule has 21 heavy (non-hydrogen) atoms. The molecule has 1 aliphatic heterocycles. The van der Waals surface area contributed by atoms with Crippen LogP contribution in [0.4, 0.5) is 5.69 Å². The second kappa shape index (κ2) is 5.85. The Morgan fingerprint density at radius 2 is 2.00 bits per heavy atom. The third-order valence-electron chi connectivity index (χ3n) is 4.12. The van der Waals surface area contributed by atoms with Crippen LogP contribution in [0.1, 0.15) is 23.7 Å². The first-order chi connectivity index (χ1) is 10.1. The third kappa shape index (κ3) is 3.24. The van der Waals surface area contributed by atoms with Gasteiger partial charge < -0.3 is 15.0 Å². The van der Waals surface area contributed by atoms with Gasteiger partial charge in [-0.2, -0.15) is 0 Å². The number of hydrogen-bond donors (Lipinski definition) is 1. The lowest BCUT2D eigenvalue weighted by molar-refractivity contribution is -0.117. The van der Waals surface area contributed by atoms with E-state index in [1.54, 1.807) is 23.1 Å². The smallest absolute Gasteiger partial charge is 0.254 e. The van der Waals surface area contributed by atoms with Crippen LogP contribution in [0.15, 0.2) is 24.3 Å². The molecule has 3 rings (SSSR count). The first-order valence-electron chi connectivity index (χ1n) is 7.43. The SMILES string of the molecule is CC1CC1C(=O)Nc1cccc(C(=O)N2CCOCC2)c1. The van der Waals surface area contributed by atoms with Crippen LogP contribution in [0.3, 0.4) is 0 Å². The fourth-order valence-electron chi connectivity index (χ4n) is 2.60. The van der Waals surface area contributed by atoms with E-state index in [9.17, 15) is 9.59 Å². The summed E-state index contributed by atoms with van der Waals surface area (Å²) in [5, 5.41) is 2.90. The lowest BCUT2D eigenvalue weighted by Crippen LogP contribution is -2.40. The number of ether oxygens (including phenoxy) is 1. The molecule has 0 aromatic heterocycles. The Bertz CT molecular complexity index is 552. The number of carbonyl (C=O) groups is 2. The van der Waals surface area contributed by atoms with E-state index >= 15 is 0 Å². The van der Waals surface area contributed by atoms with Crippen LogP contribution in [-0.2, 0) is 9.53 Å². The number of amides is 2. The predicted molar refractivity (Wildman–Crippen MR) is 79.1 cm³/mol. The van der Waals surface area contributed by atoms with Crippen molar-refractivity contribution in [2.24, 2.45) is 11.8 Å². The van der Waals surface area contributed by atoms with Gasteiger partial charge in [0.15, 0.2) is 0 Å². The molecule has 1 saturated carbocycles. The summed E-state index contributed by atoms with van der Waals surface area (Å²) in [6.45, 7) is 4.48. The van der Waals surface area contributed by atoms with Gasteiger partial charge in [-0.25, -0.2) is 0 Å². The molecule has 5 nitrogen and oxygen atoms in total. The van der Waals surface area contributed by atoms with E-state index in [1.165, 1.54) is 0 Å². The molecule has 1 heterocycles. The summed E-state index contributed by atoms with van der Waals surface area (Å²) in [7, 11) is 0. The molecule has 2 fully saturated rings. The molecule has 1 aromatic carbocycles. The summed E-state index contributed by atoms with van der Waals surface area (Å²) < 4.78 is 5.25. The van der Waals surface area contributed by atoms with Crippen LogP contribution < -0.4 is 5.32 Å². The Labute approximate surface area is 124 Å². The molecular weight excluding hydrogens is 268 g/mol. The fourth-order valence-corrected chi connectivity index (χ4v) is 2.60. The zero-order valence-corrected chi connectivity index (χ0v) is 12.2. The molecule has 1 aliphatic carbocycles. The Kier molecular flexibility index (Phi) is 3.92. The Balaban J connectivity index is 1.67. The second-order valence-electron chi connectivity index (χ2n) is 5.79. The van der Waals surface area contributed by atoms with Crippen molar-refractivity contribution in [3.05, 3.63) is 29.8 Å². The van der Waals surface area contributed by atoms with Crippen LogP contribution in [0.25, 0.3) is 0 Å². The molecule has 2 aliphatic rings. The van der Waals surface area contributed by atoms with E-state index in [0.29, 0.717) is 43.5 Å². The number of morpholine rings is 1. The van der Waals surface area contributed by atoms with Gasteiger partial charge in [-0.3, -0.25) is 9.59 Å². The van der Waals surface area contributed by atoms with E-state index in [4.69, 9.17) is 4.74 Å². The van der Waals surface area contributed by atoms with Crippen molar-refractivity contribution in [3.8, 4) is 0 Å². The first-order valence-corrected chi connectivity index (χ1v) is 7.43. The van der Waals surface area contributed by atoms with Crippen molar-refractivity contribution in [2.45, 2.75) is 13.3 Å². The molecule has 2 amide bonds. The van der Waals surface area contributed by atoms with E-state index in [-0.39, 0.29) is 17.7 Å². The van der Waals surface area contributed by atoms with Crippen LogP contribution >= 0.6 is 0 Å². The monoisotopic (exact) mass is 288 g/mol. The van der Waals surface area contributed by atoms with Gasteiger partial charge in [0.2, 0.25) is 5.91 Å². The van der Waals surface area contributed by atoms with Crippen molar-refractivity contribution in [1.29, 1.82) is 0 Å². The normalized spacial score (nSPS) is 24.5. The van der Waals surface area contributed by atoms with Gasteiger partial charge in [-0.1, -0.05) is 13.0 Å². The number of rotatable bonds is 3. The molecule has 1 saturated heterocycles. The molecule has 1 N–H and O–H groups in total. The van der Waals surface area contributed by atoms with Gasteiger partial charge in [-0.05, 0) is 30.5 Å². The second-order valence-corrected chi connectivity index (χ2v) is 5.79. The van der Waals surface area contributed by atoms with Crippen molar-refractivity contribution >= 4 is 17.5 Å². The van der Waals surface area contributed by atoms with Crippen LogP contribution in [0.2, 0.25) is 0 Å². The number of anilines is 1. The molecular formula is C16H20N2O3. The standard InChI is InChI=1S/C16H20N2O3/c1-11-9-14(11)15(19)17-13-4-2-3-12(10-13)16(20)18-5-7-21-8-6-18/h2-4,10-11,14H,5-9H2,1H3,(H,17,19).